The number of anilines is 1. The zero-order valence-electron chi connectivity index (χ0n) is 27.0. The van der Waals surface area contributed by atoms with E-state index in [2.05, 4.69) is 21.3 Å². The van der Waals surface area contributed by atoms with E-state index in [1.54, 1.807) is 17.9 Å². The van der Waals surface area contributed by atoms with Gasteiger partial charge < -0.3 is 19.4 Å². The molecule has 4 heterocycles. The van der Waals surface area contributed by atoms with Crippen LogP contribution in [-0.4, -0.2) is 88.8 Å². The molecule has 3 aliphatic heterocycles. The summed E-state index contributed by atoms with van der Waals surface area (Å²) in [5.41, 5.74) is 1.71. The normalized spacial score (nSPS) is 25.5. The number of aromatic nitrogens is 2. The maximum absolute atomic E-state index is 16.9. The molecule has 3 aromatic rings. The standard InChI is InChI=1S/C36H38F4N6O2/c1-21-17-46(34(47)22(2)37)25(16-41-3)19-45(21)33-28-14-29(39)30(27-11-6-9-23-8-4-5-10-26(23)27)31(40)32(28)42-35(43-33)48-20-36-12-7-13-44(36)18-24(38)15-36/h6,9,11,14,21,24-25H,2,4-5,7-8,10,12-13,15-20H2,1H3/t21-,24+,25-,36-/m0/s1. The van der Waals surface area contributed by atoms with Crippen molar-refractivity contribution in [2.45, 2.75) is 75.7 Å². The second-order valence-corrected chi connectivity index (χ2v) is 13.6. The molecule has 4 atom stereocenters. The monoisotopic (exact) mass is 662 g/mol. The molecule has 2 aromatic carbocycles. The number of halogens is 4. The summed E-state index contributed by atoms with van der Waals surface area (Å²) in [6.07, 6.45) is 4.52. The first-order valence-electron chi connectivity index (χ1n) is 16.7. The van der Waals surface area contributed by atoms with Gasteiger partial charge in [0.15, 0.2) is 11.6 Å². The molecule has 0 saturated carbocycles. The highest BCUT2D eigenvalue weighted by Crippen LogP contribution is 2.42. The fourth-order valence-corrected chi connectivity index (χ4v) is 8.35. The van der Waals surface area contributed by atoms with Gasteiger partial charge in [0.05, 0.1) is 11.1 Å². The van der Waals surface area contributed by atoms with Gasteiger partial charge in [-0.15, -0.1) is 0 Å². The van der Waals surface area contributed by atoms with Gasteiger partial charge in [-0.3, -0.25) is 9.69 Å². The van der Waals surface area contributed by atoms with Crippen LogP contribution in [0.25, 0.3) is 26.9 Å². The largest absolute Gasteiger partial charge is 0.461 e. The Hall–Kier alpha value is -4.24. The number of alkyl halides is 1. The highest BCUT2D eigenvalue weighted by Gasteiger charge is 2.49. The lowest BCUT2D eigenvalue weighted by Gasteiger charge is -2.44. The Bertz CT molecular complexity index is 1830. The lowest BCUT2D eigenvalue weighted by molar-refractivity contribution is -0.131. The lowest BCUT2D eigenvalue weighted by Crippen LogP contribution is -2.60. The van der Waals surface area contributed by atoms with Crippen molar-refractivity contribution in [2.75, 3.05) is 44.2 Å². The third-order valence-electron chi connectivity index (χ3n) is 10.6. The average Bonchev–Trinajstić information content (AvgIpc) is 3.60. The minimum Gasteiger partial charge on any atom is -0.461 e. The molecule has 3 fully saturated rings. The number of hydrogen-bond acceptors (Lipinski definition) is 6. The summed E-state index contributed by atoms with van der Waals surface area (Å²) >= 11 is 0. The van der Waals surface area contributed by atoms with E-state index >= 15 is 8.78 Å². The molecule has 7 rings (SSSR count). The van der Waals surface area contributed by atoms with Gasteiger partial charge in [0, 0.05) is 37.5 Å². The number of rotatable bonds is 7. The van der Waals surface area contributed by atoms with Crippen LogP contribution in [0.15, 0.2) is 36.7 Å². The molecule has 0 N–H and O–H groups in total. The molecule has 12 heteroatoms. The van der Waals surface area contributed by atoms with Crippen molar-refractivity contribution < 1.29 is 27.1 Å². The van der Waals surface area contributed by atoms with Crippen molar-refractivity contribution in [2.24, 2.45) is 0 Å². The maximum atomic E-state index is 16.9. The van der Waals surface area contributed by atoms with Crippen molar-refractivity contribution in [3.05, 3.63) is 70.8 Å². The Morgan fingerprint density at radius 3 is 2.77 bits per heavy atom. The number of aryl methyl sites for hydroxylation is 1. The van der Waals surface area contributed by atoms with Crippen molar-refractivity contribution in [3.63, 3.8) is 0 Å². The molecule has 0 radical (unpaired) electrons. The quantitative estimate of drug-likeness (QED) is 0.170. The van der Waals surface area contributed by atoms with Gasteiger partial charge >= 0.3 is 6.01 Å². The van der Waals surface area contributed by atoms with Crippen LogP contribution in [0, 0.1) is 18.2 Å². The Morgan fingerprint density at radius 2 is 1.98 bits per heavy atom. The summed E-state index contributed by atoms with van der Waals surface area (Å²) in [7, 11) is 0. The Labute approximate surface area is 277 Å². The minimum atomic E-state index is -1.13. The number of piperazine rings is 1. The second kappa shape index (κ2) is 12.7. The van der Waals surface area contributed by atoms with E-state index in [-0.39, 0.29) is 54.5 Å². The van der Waals surface area contributed by atoms with E-state index in [0.29, 0.717) is 24.9 Å². The van der Waals surface area contributed by atoms with E-state index in [4.69, 9.17) is 16.3 Å². The minimum absolute atomic E-state index is 0.0266. The van der Waals surface area contributed by atoms with E-state index in [1.807, 2.05) is 12.1 Å². The van der Waals surface area contributed by atoms with Crippen LogP contribution < -0.4 is 9.64 Å². The van der Waals surface area contributed by atoms with Crippen LogP contribution in [0.4, 0.5) is 23.4 Å². The summed E-state index contributed by atoms with van der Waals surface area (Å²) in [4.78, 5) is 30.5. The van der Waals surface area contributed by atoms with Gasteiger partial charge in [-0.1, -0.05) is 24.8 Å². The Morgan fingerprint density at radius 1 is 1.17 bits per heavy atom. The summed E-state index contributed by atoms with van der Waals surface area (Å²) in [5.74, 6) is -3.45. The Kier molecular flexibility index (Phi) is 8.52. The molecule has 0 unspecified atom stereocenters. The summed E-state index contributed by atoms with van der Waals surface area (Å²) in [5, 5.41) is 0.110. The molecule has 8 nitrogen and oxygen atoms in total. The highest BCUT2D eigenvalue weighted by atomic mass is 19.1. The van der Waals surface area contributed by atoms with Crippen LogP contribution in [0.3, 0.4) is 0 Å². The molecule has 4 aliphatic rings. The smallest absolute Gasteiger partial charge is 0.319 e. The number of ether oxygens (including phenoxy) is 1. The van der Waals surface area contributed by atoms with Crippen LogP contribution in [0.2, 0.25) is 0 Å². The molecule has 1 aromatic heterocycles. The van der Waals surface area contributed by atoms with Gasteiger partial charge in [-0.2, -0.15) is 9.97 Å². The van der Waals surface area contributed by atoms with Crippen LogP contribution in [-0.2, 0) is 17.6 Å². The van der Waals surface area contributed by atoms with Gasteiger partial charge in [0.1, 0.15) is 36.0 Å². The molecule has 48 heavy (non-hydrogen) atoms. The van der Waals surface area contributed by atoms with Crippen LogP contribution in [0.1, 0.15) is 50.2 Å². The maximum Gasteiger partial charge on any atom is 0.319 e. The number of carbonyl (C=O) groups excluding carboxylic acids is 1. The number of benzene rings is 2. The molecule has 0 bridgehead atoms. The van der Waals surface area contributed by atoms with Gasteiger partial charge in [-0.25, -0.2) is 24.1 Å². The third-order valence-corrected chi connectivity index (χ3v) is 10.6. The van der Waals surface area contributed by atoms with Crippen molar-refractivity contribution in [3.8, 4) is 17.1 Å². The number of nitrogens with zero attached hydrogens (tertiary/aromatic N) is 6. The molecule has 1 amide bonds. The fourth-order valence-electron chi connectivity index (χ4n) is 8.35. The highest BCUT2D eigenvalue weighted by molar-refractivity contribution is 5.95. The lowest BCUT2D eigenvalue weighted by atomic mass is 9.85. The van der Waals surface area contributed by atoms with Crippen LogP contribution >= 0.6 is 0 Å². The first kappa shape index (κ1) is 32.3. The number of fused-ring (bicyclic) bond motifs is 3. The summed E-state index contributed by atoms with van der Waals surface area (Å²) < 4.78 is 67.8. The first-order valence-corrected chi connectivity index (χ1v) is 16.7. The second-order valence-electron chi connectivity index (χ2n) is 13.6. The van der Waals surface area contributed by atoms with E-state index in [9.17, 15) is 13.6 Å². The molecule has 3 saturated heterocycles. The average molecular weight is 663 g/mol. The molecule has 0 spiro atoms. The zero-order chi connectivity index (χ0) is 33.7. The third kappa shape index (κ3) is 5.55. The fraction of sp³-hybridized carbons (Fsp3) is 0.500. The number of amides is 1. The summed E-state index contributed by atoms with van der Waals surface area (Å²) in [6, 6.07) is 5.46. The van der Waals surface area contributed by atoms with Crippen molar-refractivity contribution >= 4 is 22.6 Å². The topological polar surface area (TPSA) is 66.2 Å². The van der Waals surface area contributed by atoms with E-state index in [0.717, 1.165) is 49.8 Å². The SMILES string of the molecule is [C-]#[N+]C[C@H]1CN(c2nc(OC[C@@]34CCCN3C[C@H](F)C4)nc3c(F)c(-c4cccc5c4CCCC5)c(F)cc23)[C@@H](C)CN1C(=O)C(=C)F. The number of carbonyl (C=O) groups is 1. The predicted molar refractivity (Wildman–Crippen MR) is 174 cm³/mol. The number of hydrogen-bond donors (Lipinski definition) is 0. The van der Waals surface area contributed by atoms with Gasteiger partial charge in [0.25, 0.3) is 5.91 Å². The first-order chi connectivity index (χ1) is 23.1. The molecule has 1 aliphatic carbocycles. The molecule has 252 valence electrons. The van der Waals surface area contributed by atoms with E-state index in [1.165, 1.54) is 11.0 Å². The van der Waals surface area contributed by atoms with Crippen molar-refractivity contribution in [1.82, 2.24) is 19.8 Å². The summed E-state index contributed by atoms with van der Waals surface area (Å²) in [6.45, 7) is 13.6. The van der Waals surface area contributed by atoms with Gasteiger partial charge in [-0.05, 0) is 74.8 Å². The van der Waals surface area contributed by atoms with Gasteiger partial charge in [0.2, 0.25) is 6.54 Å². The molecular formula is C36H38F4N6O2. The zero-order valence-corrected chi connectivity index (χ0v) is 27.0. The van der Waals surface area contributed by atoms with E-state index < -0.39 is 47.2 Å². The van der Waals surface area contributed by atoms with Crippen LogP contribution in [0.5, 0.6) is 6.01 Å². The Balaban J connectivity index is 1.35. The van der Waals surface area contributed by atoms with Crippen molar-refractivity contribution in [1.29, 1.82) is 0 Å². The molecular weight excluding hydrogens is 624 g/mol. The predicted octanol–water partition coefficient (Wildman–Crippen LogP) is 6.22.